The van der Waals surface area contributed by atoms with E-state index in [9.17, 15) is 4.39 Å². The highest BCUT2D eigenvalue weighted by Crippen LogP contribution is 2.42. The Morgan fingerprint density at radius 3 is 2.50 bits per heavy atom. The van der Waals surface area contributed by atoms with E-state index in [1.165, 1.54) is 7.11 Å². The van der Waals surface area contributed by atoms with E-state index < -0.39 is 17.3 Å². The average molecular weight is 237 g/mol. The molecule has 0 saturated carbocycles. The zero-order chi connectivity index (χ0) is 9.30. The molecule has 0 atom stereocenters. The number of hydrogen-bond acceptors (Lipinski definition) is 3. The van der Waals surface area contributed by atoms with Gasteiger partial charge in [0.05, 0.1) is 11.6 Å². The van der Waals surface area contributed by atoms with Gasteiger partial charge in [-0.1, -0.05) is 0 Å². The van der Waals surface area contributed by atoms with Crippen LogP contribution in [0.5, 0.6) is 17.2 Å². The van der Waals surface area contributed by atoms with Crippen molar-refractivity contribution in [1.82, 2.24) is 0 Å². The van der Waals surface area contributed by atoms with Gasteiger partial charge in [-0.15, -0.1) is 0 Å². The zero-order valence-electron chi connectivity index (χ0n) is 6.14. The molecule has 0 aliphatic carbocycles. The number of phenols is 2. The lowest BCUT2D eigenvalue weighted by Gasteiger charge is -2.07. The largest absolute Gasteiger partial charge is 0.502 e. The molecule has 0 spiro atoms. The zero-order valence-corrected chi connectivity index (χ0v) is 7.72. The van der Waals surface area contributed by atoms with Crippen molar-refractivity contribution >= 4 is 15.9 Å². The SMILES string of the molecule is COc1c(Br)cc(F)c(O)c1O. The molecule has 12 heavy (non-hydrogen) atoms. The molecule has 0 unspecified atom stereocenters. The summed E-state index contributed by atoms with van der Waals surface area (Å²) in [5, 5.41) is 18.0. The van der Waals surface area contributed by atoms with Gasteiger partial charge in [-0.05, 0) is 22.0 Å². The Labute approximate surface area is 76.5 Å². The van der Waals surface area contributed by atoms with E-state index in [1.807, 2.05) is 0 Å². The highest BCUT2D eigenvalue weighted by atomic mass is 79.9. The van der Waals surface area contributed by atoms with E-state index in [-0.39, 0.29) is 10.2 Å². The lowest BCUT2D eigenvalue weighted by Crippen LogP contribution is -1.87. The van der Waals surface area contributed by atoms with Crippen LogP contribution in [0.3, 0.4) is 0 Å². The summed E-state index contributed by atoms with van der Waals surface area (Å²) in [7, 11) is 1.30. The summed E-state index contributed by atoms with van der Waals surface area (Å²) in [5.41, 5.74) is 0. The number of ether oxygens (including phenoxy) is 1. The van der Waals surface area contributed by atoms with Crippen molar-refractivity contribution in [2.24, 2.45) is 0 Å². The normalized spacial score (nSPS) is 9.92. The Morgan fingerprint density at radius 1 is 1.42 bits per heavy atom. The van der Waals surface area contributed by atoms with Crippen LogP contribution in [-0.2, 0) is 0 Å². The highest BCUT2D eigenvalue weighted by Gasteiger charge is 2.15. The van der Waals surface area contributed by atoms with Crippen molar-refractivity contribution < 1.29 is 19.3 Å². The molecule has 0 saturated heterocycles. The Kier molecular flexibility index (Phi) is 2.42. The van der Waals surface area contributed by atoms with Gasteiger partial charge >= 0.3 is 0 Å². The van der Waals surface area contributed by atoms with Gasteiger partial charge in [0.1, 0.15) is 0 Å². The monoisotopic (exact) mass is 236 g/mol. The number of phenolic OH excluding ortho intramolecular Hbond substituents is 2. The molecule has 1 rings (SSSR count). The fraction of sp³-hybridized carbons (Fsp3) is 0.143. The average Bonchev–Trinajstić information content (AvgIpc) is 2.01. The van der Waals surface area contributed by atoms with E-state index >= 15 is 0 Å². The van der Waals surface area contributed by atoms with Gasteiger partial charge in [-0.3, -0.25) is 0 Å². The van der Waals surface area contributed by atoms with Crippen LogP contribution in [0.2, 0.25) is 0 Å². The molecule has 0 bridgehead atoms. The lowest BCUT2D eigenvalue weighted by atomic mass is 10.3. The molecule has 0 heterocycles. The number of benzene rings is 1. The second-order valence-corrected chi connectivity index (χ2v) is 2.93. The molecule has 0 aromatic heterocycles. The predicted octanol–water partition coefficient (Wildman–Crippen LogP) is 2.01. The fourth-order valence-electron chi connectivity index (χ4n) is 0.773. The molecule has 1 aromatic rings. The molecule has 0 fully saturated rings. The maximum atomic E-state index is 12.7. The molecule has 0 aliphatic heterocycles. The van der Waals surface area contributed by atoms with Gasteiger partial charge in [0.25, 0.3) is 0 Å². The van der Waals surface area contributed by atoms with Crippen LogP contribution < -0.4 is 4.74 Å². The summed E-state index contributed by atoms with van der Waals surface area (Å²) in [4.78, 5) is 0. The van der Waals surface area contributed by atoms with Crippen molar-refractivity contribution in [1.29, 1.82) is 0 Å². The molecule has 2 N–H and O–H groups in total. The maximum absolute atomic E-state index is 12.7. The minimum Gasteiger partial charge on any atom is -0.502 e. The molecule has 0 aliphatic rings. The third-order valence-corrected chi connectivity index (χ3v) is 1.93. The molecule has 1 aromatic carbocycles. The molecule has 3 nitrogen and oxygen atoms in total. The van der Waals surface area contributed by atoms with E-state index in [1.54, 1.807) is 0 Å². The van der Waals surface area contributed by atoms with E-state index in [2.05, 4.69) is 20.7 Å². The summed E-state index contributed by atoms with van der Waals surface area (Å²) < 4.78 is 17.6. The smallest absolute Gasteiger partial charge is 0.204 e. The van der Waals surface area contributed by atoms with Gasteiger partial charge in [0.2, 0.25) is 5.75 Å². The molecule has 0 radical (unpaired) electrons. The van der Waals surface area contributed by atoms with Crippen LogP contribution >= 0.6 is 15.9 Å². The van der Waals surface area contributed by atoms with Gasteiger partial charge in [0.15, 0.2) is 17.3 Å². The standard InChI is InChI=1S/C7H6BrFO3/c1-12-7-3(8)2-4(9)5(10)6(7)11/h2,10-11H,1H3. The first-order chi connectivity index (χ1) is 5.57. The molecule has 5 heteroatoms. The third-order valence-electron chi connectivity index (χ3n) is 1.34. The Bertz CT molecular complexity index is 314. The molecule has 0 amide bonds. The Balaban J connectivity index is 3.40. The molecular weight excluding hydrogens is 231 g/mol. The van der Waals surface area contributed by atoms with Gasteiger partial charge in [-0.25, -0.2) is 4.39 Å². The Hall–Kier alpha value is -0.970. The van der Waals surface area contributed by atoms with Crippen LogP contribution in [0.1, 0.15) is 0 Å². The quantitative estimate of drug-likeness (QED) is 0.734. The number of rotatable bonds is 1. The Morgan fingerprint density at radius 2 is 2.00 bits per heavy atom. The van der Waals surface area contributed by atoms with Gasteiger partial charge < -0.3 is 14.9 Å². The molecule has 66 valence electrons. The number of methoxy groups -OCH3 is 1. The van der Waals surface area contributed by atoms with Crippen LogP contribution in [0.25, 0.3) is 0 Å². The highest BCUT2D eigenvalue weighted by molar-refractivity contribution is 9.10. The van der Waals surface area contributed by atoms with Gasteiger partial charge in [0, 0.05) is 0 Å². The van der Waals surface area contributed by atoms with E-state index in [4.69, 9.17) is 10.2 Å². The minimum atomic E-state index is -0.903. The van der Waals surface area contributed by atoms with Crippen molar-refractivity contribution in [2.75, 3.05) is 7.11 Å². The summed E-state index contributed by atoms with van der Waals surface area (Å²) in [6.45, 7) is 0. The van der Waals surface area contributed by atoms with Crippen LogP contribution in [-0.4, -0.2) is 17.3 Å². The van der Waals surface area contributed by atoms with Crippen molar-refractivity contribution in [3.63, 3.8) is 0 Å². The predicted molar refractivity (Wildman–Crippen MR) is 44.0 cm³/mol. The number of hydrogen-bond donors (Lipinski definition) is 2. The van der Waals surface area contributed by atoms with E-state index in [0.717, 1.165) is 6.07 Å². The van der Waals surface area contributed by atoms with Crippen molar-refractivity contribution in [2.45, 2.75) is 0 Å². The minimum absolute atomic E-state index is 0.00824. The second-order valence-electron chi connectivity index (χ2n) is 2.07. The van der Waals surface area contributed by atoms with Crippen molar-refractivity contribution in [3.8, 4) is 17.2 Å². The van der Waals surface area contributed by atoms with E-state index in [0.29, 0.717) is 0 Å². The van der Waals surface area contributed by atoms with Gasteiger partial charge in [-0.2, -0.15) is 0 Å². The maximum Gasteiger partial charge on any atom is 0.204 e. The topological polar surface area (TPSA) is 49.7 Å². The first kappa shape index (κ1) is 9.12. The lowest BCUT2D eigenvalue weighted by molar-refractivity contribution is 0.337. The second kappa shape index (κ2) is 3.18. The van der Waals surface area contributed by atoms with Crippen LogP contribution in [0.15, 0.2) is 10.5 Å². The summed E-state index contributed by atoms with van der Waals surface area (Å²) in [6, 6.07) is 1.01. The first-order valence-corrected chi connectivity index (χ1v) is 3.81. The van der Waals surface area contributed by atoms with Crippen LogP contribution in [0, 0.1) is 5.82 Å². The number of aromatic hydroxyl groups is 2. The summed E-state index contributed by atoms with van der Waals surface area (Å²) in [5.74, 6) is -2.31. The van der Waals surface area contributed by atoms with Crippen molar-refractivity contribution in [3.05, 3.63) is 16.4 Å². The molecular formula is C7H6BrFO3. The number of halogens is 2. The van der Waals surface area contributed by atoms with Crippen LogP contribution in [0.4, 0.5) is 4.39 Å². The first-order valence-electron chi connectivity index (χ1n) is 3.01. The summed E-state index contributed by atoms with van der Waals surface area (Å²) in [6.07, 6.45) is 0. The third kappa shape index (κ3) is 1.32. The summed E-state index contributed by atoms with van der Waals surface area (Å²) >= 11 is 2.96. The fourth-order valence-corrected chi connectivity index (χ4v) is 1.32.